The third-order valence-electron chi connectivity index (χ3n) is 6.89. The van der Waals surface area contributed by atoms with Gasteiger partial charge in [-0.1, -0.05) is 11.6 Å². The van der Waals surface area contributed by atoms with Crippen LogP contribution in [-0.4, -0.2) is 92.3 Å². The van der Waals surface area contributed by atoms with E-state index in [0.717, 1.165) is 20.6 Å². The Bertz CT molecular complexity index is 1740. The molecule has 0 saturated carbocycles. The Balaban J connectivity index is 1.43. The molecule has 19 heteroatoms. The number of amides is 1. The summed E-state index contributed by atoms with van der Waals surface area (Å²) >= 11 is 5.89. The molecule has 0 radical (unpaired) electrons. The van der Waals surface area contributed by atoms with Crippen LogP contribution >= 0.6 is 11.6 Å². The Kier molecular flexibility index (Phi) is 8.02. The number of rotatable bonds is 7. The molecule has 0 aliphatic carbocycles. The zero-order valence-electron chi connectivity index (χ0n) is 22.2. The summed E-state index contributed by atoms with van der Waals surface area (Å²) in [7, 11) is 0. The van der Waals surface area contributed by atoms with E-state index in [1.54, 1.807) is 0 Å². The first-order chi connectivity index (χ1) is 20.6. The molecule has 4 aromatic rings. The molecule has 234 valence electrons. The van der Waals surface area contributed by atoms with Gasteiger partial charge in [0.2, 0.25) is 0 Å². The summed E-state index contributed by atoms with van der Waals surface area (Å²) in [5.74, 6) is -1.17. The number of hydrogen-bond acceptors (Lipinski definition) is 8. The van der Waals surface area contributed by atoms with Crippen molar-refractivity contribution in [3.05, 3.63) is 75.9 Å². The van der Waals surface area contributed by atoms with Crippen LogP contribution in [0.5, 0.6) is 0 Å². The summed E-state index contributed by atoms with van der Waals surface area (Å²) < 4.78 is 81.7. The molecule has 2 unspecified atom stereocenters. The van der Waals surface area contributed by atoms with Crippen molar-refractivity contribution in [2.24, 2.45) is 0 Å². The van der Waals surface area contributed by atoms with E-state index in [1.165, 1.54) is 42.6 Å². The second-order valence-electron chi connectivity index (χ2n) is 9.92. The quantitative estimate of drug-likeness (QED) is 0.292. The molecule has 1 aromatic carbocycles. The van der Waals surface area contributed by atoms with Crippen LogP contribution in [0.4, 0.5) is 26.3 Å². The molecular formula is C25H21ClF6N8O4. The molecule has 1 aliphatic heterocycles. The van der Waals surface area contributed by atoms with Gasteiger partial charge in [0.15, 0.2) is 29.0 Å². The van der Waals surface area contributed by atoms with E-state index in [-0.39, 0.29) is 35.1 Å². The van der Waals surface area contributed by atoms with Crippen molar-refractivity contribution in [2.75, 3.05) is 13.1 Å². The van der Waals surface area contributed by atoms with Crippen molar-refractivity contribution in [1.29, 1.82) is 0 Å². The largest absolute Gasteiger partial charge is 0.419 e. The summed E-state index contributed by atoms with van der Waals surface area (Å²) in [5.41, 5.74) is -4.11. The molecule has 2 atom stereocenters. The lowest BCUT2D eigenvalue weighted by atomic mass is 10.0. The van der Waals surface area contributed by atoms with Gasteiger partial charge in [0, 0.05) is 29.7 Å². The third-order valence-corrected chi connectivity index (χ3v) is 7.14. The van der Waals surface area contributed by atoms with Gasteiger partial charge in [0.25, 0.3) is 5.91 Å². The van der Waals surface area contributed by atoms with Crippen molar-refractivity contribution in [2.45, 2.75) is 43.6 Å². The average Bonchev–Trinajstić information content (AvgIpc) is 3.67. The predicted molar refractivity (Wildman–Crippen MR) is 139 cm³/mol. The van der Waals surface area contributed by atoms with Crippen LogP contribution in [0.3, 0.4) is 0 Å². The van der Waals surface area contributed by atoms with E-state index in [9.17, 15) is 46.1 Å². The van der Waals surface area contributed by atoms with E-state index in [2.05, 4.69) is 20.2 Å². The van der Waals surface area contributed by atoms with Crippen LogP contribution in [0.1, 0.15) is 22.7 Å². The summed E-state index contributed by atoms with van der Waals surface area (Å²) in [5, 5.41) is 28.2. The lowest BCUT2D eigenvalue weighted by Crippen LogP contribution is -2.48. The van der Waals surface area contributed by atoms with E-state index in [4.69, 9.17) is 11.6 Å². The van der Waals surface area contributed by atoms with Crippen molar-refractivity contribution in [3.63, 3.8) is 0 Å². The highest BCUT2D eigenvalue weighted by molar-refractivity contribution is 6.30. The number of halogens is 7. The van der Waals surface area contributed by atoms with Gasteiger partial charge >= 0.3 is 18.0 Å². The van der Waals surface area contributed by atoms with Crippen LogP contribution in [-0.2, 0) is 13.1 Å². The van der Waals surface area contributed by atoms with E-state index >= 15 is 0 Å². The fourth-order valence-corrected chi connectivity index (χ4v) is 4.64. The number of carbonyl (C=O) groups excluding carboxylic acids is 1. The highest BCUT2D eigenvalue weighted by atomic mass is 35.5. The number of nitrogens with zero attached hydrogens (tertiary/aromatic N) is 8. The molecule has 5 rings (SSSR count). The van der Waals surface area contributed by atoms with E-state index in [1.807, 2.05) is 0 Å². The second kappa shape index (κ2) is 11.3. The van der Waals surface area contributed by atoms with Gasteiger partial charge in [-0.25, -0.2) is 24.1 Å². The molecule has 44 heavy (non-hydrogen) atoms. The Morgan fingerprint density at radius 1 is 1.07 bits per heavy atom. The van der Waals surface area contributed by atoms with Gasteiger partial charge in [0.1, 0.15) is 12.9 Å². The summed E-state index contributed by atoms with van der Waals surface area (Å²) in [6.45, 7) is -2.96. The Morgan fingerprint density at radius 2 is 1.77 bits per heavy atom. The number of benzene rings is 1. The molecule has 1 aliphatic rings. The van der Waals surface area contributed by atoms with Crippen molar-refractivity contribution >= 4 is 17.5 Å². The smallest absolute Gasteiger partial charge is 0.382 e. The van der Waals surface area contributed by atoms with E-state index < -0.39 is 61.7 Å². The molecular weight excluding hydrogens is 626 g/mol. The van der Waals surface area contributed by atoms with Gasteiger partial charge in [0.05, 0.1) is 18.8 Å². The number of pyridine rings is 1. The lowest BCUT2D eigenvalue weighted by molar-refractivity contribution is -0.253. The summed E-state index contributed by atoms with van der Waals surface area (Å²) in [4.78, 5) is 35.1. The number of alkyl halides is 6. The van der Waals surface area contributed by atoms with Crippen LogP contribution in [0.15, 0.2) is 53.7 Å². The molecule has 0 spiro atoms. The van der Waals surface area contributed by atoms with Crippen LogP contribution in [0, 0.1) is 0 Å². The normalized spacial score (nSPS) is 18.2. The molecule has 4 heterocycles. The Morgan fingerprint density at radius 3 is 2.41 bits per heavy atom. The highest BCUT2D eigenvalue weighted by Crippen LogP contribution is 2.38. The minimum absolute atomic E-state index is 0.0201. The van der Waals surface area contributed by atoms with Gasteiger partial charge in [-0.05, 0) is 36.4 Å². The maximum absolute atomic E-state index is 13.3. The molecule has 12 nitrogen and oxygen atoms in total. The van der Waals surface area contributed by atoms with Crippen LogP contribution < -0.4 is 5.69 Å². The molecule has 1 saturated heterocycles. The second-order valence-corrected chi connectivity index (χ2v) is 10.4. The van der Waals surface area contributed by atoms with Gasteiger partial charge < -0.3 is 15.1 Å². The number of carbonyl (C=O) groups is 1. The van der Waals surface area contributed by atoms with Crippen molar-refractivity contribution < 1.29 is 41.4 Å². The standard InChI is InChI=1S/C25H21ClF6N8O4/c26-15-5-3-14(4-6-15)20-36-39(22(43)38(20)10-17(41)24(27,28)29)11-18-34-13-40(35-18)16-2-1-8-33-19(16)21(42)37-9-7-23(44,12-37)25(30,31)32/h1-6,8,13,17,41,44H,7,9-12H2. The monoisotopic (exact) mass is 646 g/mol. The zero-order chi connectivity index (χ0) is 32.0. The Labute approximate surface area is 247 Å². The first-order valence-electron chi connectivity index (χ1n) is 12.7. The topological polar surface area (TPSA) is 144 Å². The number of β-amino-alcohol motifs (C(OH)–C–C–N with tert-alkyl or cyclic N) is 1. The molecule has 3 aromatic heterocycles. The maximum Gasteiger partial charge on any atom is 0.419 e. The molecule has 0 bridgehead atoms. The number of aliphatic hydroxyl groups excluding tert-OH is 1. The zero-order valence-corrected chi connectivity index (χ0v) is 22.9. The number of aliphatic hydroxyl groups is 2. The minimum Gasteiger partial charge on any atom is -0.382 e. The Hall–Kier alpha value is -4.29. The fraction of sp³-hybridized carbons (Fsp3) is 0.360. The van der Waals surface area contributed by atoms with Crippen molar-refractivity contribution in [3.8, 4) is 17.1 Å². The van der Waals surface area contributed by atoms with Gasteiger partial charge in [-0.3, -0.25) is 9.36 Å². The first kappa shape index (κ1) is 31.1. The number of likely N-dealkylation sites (tertiary alicyclic amines) is 1. The van der Waals surface area contributed by atoms with Crippen LogP contribution in [0.25, 0.3) is 17.1 Å². The van der Waals surface area contributed by atoms with E-state index in [0.29, 0.717) is 9.59 Å². The van der Waals surface area contributed by atoms with Gasteiger partial charge in [-0.2, -0.15) is 26.3 Å². The number of aromatic nitrogens is 7. The van der Waals surface area contributed by atoms with Gasteiger partial charge in [-0.15, -0.1) is 10.2 Å². The maximum atomic E-state index is 13.3. The number of hydrogen-bond donors (Lipinski definition) is 2. The summed E-state index contributed by atoms with van der Waals surface area (Å²) in [6, 6.07) is 8.55. The molecule has 1 amide bonds. The minimum atomic E-state index is -5.02. The summed E-state index contributed by atoms with van der Waals surface area (Å²) in [6.07, 6.45) is -11.2. The predicted octanol–water partition coefficient (Wildman–Crippen LogP) is 2.45. The lowest BCUT2D eigenvalue weighted by Gasteiger charge is -2.26. The molecule has 2 N–H and O–H groups in total. The van der Waals surface area contributed by atoms with Crippen LogP contribution in [0.2, 0.25) is 5.02 Å². The highest BCUT2D eigenvalue weighted by Gasteiger charge is 2.58. The fourth-order valence-electron chi connectivity index (χ4n) is 4.51. The first-order valence-corrected chi connectivity index (χ1v) is 13.1. The third kappa shape index (κ3) is 6.04. The van der Waals surface area contributed by atoms with Crippen molar-refractivity contribution in [1.82, 2.24) is 39.0 Å². The molecule has 1 fully saturated rings. The SMILES string of the molecule is O=C(c1ncccc1-n1cnc(Cn2nc(-c3ccc(Cl)cc3)n(CC(O)C(F)(F)F)c2=O)n1)N1CCC(O)(C(F)(F)F)C1. The average molecular weight is 647 g/mol.